The maximum atomic E-state index is 11.0. The van der Waals surface area contributed by atoms with Crippen LogP contribution in [0, 0.1) is 30.9 Å². The first kappa shape index (κ1) is 17.7. The van der Waals surface area contributed by atoms with E-state index in [2.05, 4.69) is 9.97 Å². The van der Waals surface area contributed by atoms with Crippen LogP contribution in [0.4, 0.5) is 5.69 Å². The standard InChI is InChI=1S/C17H14ClN3O5/c1-7-8(2)14(16(18)19-9(7)3)17-20-11(6-26-17)10-4-12(21(24)25)15(23)13(22)5-10/h4-6,22-23H,1-3H3. The Labute approximate surface area is 152 Å². The second-order valence-electron chi connectivity index (χ2n) is 5.77. The van der Waals surface area contributed by atoms with Crippen molar-refractivity contribution in [2.75, 3.05) is 0 Å². The van der Waals surface area contributed by atoms with Crippen molar-refractivity contribution < 1.29 is 19.6 Å². The van der Waals surface area contributed by atoms with E-state index in [4.69, 9.17) is 16.0 Å². The molecule has 0 saturated heterocycles. The lowest BCUT2D eigenvalue weighted by atomic mass is 10.0. The van der Waals surface area contributed by atoms with Crippen LogP contribution in [0.1, 0.15) is 16.8 Å². The van der Waals surface area contributed by atoms with Gasteiger partial charge in [-0.3, -0.25) is 10.1 Å². The van der Waals surface area contributed by atoms with Crippen LogP contribution in [0.3, 0.4) is 0 Å². The van der Waals surface area contributed by atoms with Gasteiger partial charge in [-0.25, -0.2) is 9.97 Å². The number of nitrogens with zero attached hydrogens (tertiary/aromatic N) is 3. The lowest BCUT2D eigenvalue weighted by Crippen LogP contribution is -1.97. The summed E-state index contributed by atoms with van der Waals surface area (Å²) < 4.78 is 5.48. The maximum Gasteiger partial charge on any atom is 0.315 e. The summed E-state index contributed by atoms with van der Waals surface area (Å²) in [4.78, 5) is 18.8. The summed E-state index contributed by atoms with van der Waals surface area (Å²) in [6.45, 7) is 5.62. The summed E-state index contributed by atoms with van der Waals surface area (Å²) in [6, 6.07) is 2.26. The van der Waals surface area contributed by atoms with Crippen molar-refractivity contribution in [1.82, 2.24) is 9.97 Å². The average molecular weight is 376 g/mol. The number of nitro benzene ring substituents is 1. The fraction of sp³-hybridized carbons (Fsp3) is 0.176. The first-order chi connectivity index (χ1) is 12.2. The zero-order chi connectivity index (χ0) is 19.2. The molecule has 0 aliphatic rings. The number of pyridine rings is 1. The van der Waals surface area contributed by atoms with Crippen molar-refractivity contribution in [3.63, 3.8) is 0 Å². The van der Waals surface area contributed by atoms with Crippen LogP contribution in [0.2, 0.25) is 5.15 Å². The molecule has 3 aromatic rings. The number of halogens is 1. The second-order valence-corrected chi connectivity index (χ2v) is 6.13. The first-order valence-corrected chi connectivity index (χ1v) is 7.88. The predicted molar refractivity (Wildman–Crippen MR) is 94.4 cm³/mol. The Hall–Kier alpha value is -3.13. The number of oxazole rings is 1. The minimum atomic E-state index is -0.806. The van der Waals surface area contributed by atoms with E-state index in [-0.39, 0.29) is 22.3 Å². The Bertz CT molecular complexity index is 1050. The molecule has 2 heterocycles. The average Bonchev–Trinajstić information content (AvgIpc) is 3.04. The van der Waals surface area contributed by atoms with Gasteiger partial charge in [0.25, 0.3) is 0 Å². The van der Waals surface area contributed by atoms with Gasteiger partial charge < -0.3 is 14.6 Å². The number of hydrogen-bond donors (Lipinski definition) is 2. The Morgan fingerprint density at radius 2 is 1.85 bits per heavy atom. The molecule has 0 spiro atoms. The topological polar surface area (TPSA) is 123 Å². The molecule has 0 amide bonds. The molecule has 134 valence electrons. The van der Waals surface area contributed by atoms with Gasteiger partial charge in [-0.2, -0.15) is 0 Å². The molecule has 9 heteroatoms. The summed E-state index contributed by atoms with van der Waals surface area (Å²) in [5.74, 6) is -1.23. The molecule has 0 aliphatic carbocycles. The monoisotopic (exact) mass is 375 g/mol. The molecule has 1 aromatic carbocycles. The van der Waals surface area contributed by atoms with Crippen LogP contribution in [0.5, 0.6) is 11.5 Å². The molecule has 0 radical (unpaired) electrons. The van der Waals surface area contributed by atoms with Crippen LogP contribution < -0.4 is 0 Å². The number of aromatic nitrogens is 2. The van der Waals surface area contributed by atoms with E-state index in [9.17, 15) is 20.3 Å². The molecular weight excluding hydrogens is 362 g/mol. The minimum Gasteiger partial charge on any atom is -0.504 e. The van der Waals surface area contributed by atoms with Crippen LogP contribution in [-0.2, 0) is 0 Å². The number of nitro groups is 1. The van der Waals surface area contributed by atoms with E-state index in [0.717, 1.165) is 29.0 Å². The molecule has 0 saturated carbocycles. The second kappa shape index (κ2) is 6.30. The quantitative estimate of drug-likeness (QED) is 0.302. The third-order valence-corrected chi connectivity index (χ3v) is 4.51. The Kier molecular flexibility index (Phi) is 4.29. The van der Waals surface area contributed by atoms with Gasteiger partial charge in [0.2, 0.25) is 11.6 Å². The van der Waals surface area contributed by atoms with Crippen molar-refractivity contribution in [2.24, 2.45) is 0 Å². The number of phenolic OH excluding ortho intramolecular Hbond substituents is 2. The summed E-state index contributed by atoms with van der Waals surface area (Å²) in [5.41, 5.74) is 2.95. The number of hydrogen-bond acceptors (Lipinski definition) is 7. The molecule has 0 fully saturated rings. The number of aryl methyl sites for hydroxylation is 1. The SMILES string of the molecule is Cc1nc(Cl)c(-c2nc(-c3cc(O)c(O)c([N+](=O)[O-])c3)co2)c(C)c1C. The Balaban J connectivity index is 2.13. The van der Waals surface area contributed by atoms with E-state index < -0.39 is 22.1 Å². The summed E-state index contributed by atoms with van der Waals surface area (Å²) in [5, 5.41) is 30.6. The largest absolute Gasteiger partial charge is 0.504 e. The van der Waals surface area contributed by atoms with Gasteiger partial charge >= 0.3 is 5.69 Å². The molecule has 8 nitrogen and oxygen atoms in total. The predicted octanol–water partition coefficient (Wildman–Crippen LogP) is 4.30. The highest BCUT2D eigenvalue weighted by atomic mass is 35.5. The molecule has 0 unspecified atom stereocenters. The molecule has 2 N–H and O–H groups in total. The van der Waals surface area contributed by atoms with Gasteiger partial charge in [0.05, 0.1) is 10.5 Å². The van der Waals surface area contributed by atoms with E-state index in [1.54, 1.807) is 0 Å². The van der Waals surface area contributed by atoms with Crippen molar-refractivity contribution in [3.05, 3.63) is 50.5 Å². The first-order valence-electron chi connectivity index (χ1n) is 7.50. The number of phenols is 2. The molecular formula is C17H14ClN3O5. The zero-order valence-corrected chi connectivity index (χ0v) is 14.8. The van der Waals surface area contributed by atoms with Gasteiger partial charge in [0, 0.05) is 17.3 Å². The maximum absolute atomic E-state index is 11.0. The fourth-order valence-electron chi connectivity index (χ4n) is 2.56. The van der Waals surface area contributed by atoms with Crippen molar-refractivity contribution in [2.45, 2.75) is 20.8 Å². The van der Waals surface area contributed by atoms with Crippen LogP contribution in [-0.4, -0.2) is 25.1 Å². The summed E-state index contributed by atoms with van der Waals surface area (Å²) >= 11 is 6.24. The number of aromatic hydroxyl groups is 2. The minimum absolute atomic E-state index is 0.202. The Morgan fingerprint density at radius 1 is 1.15 bits per heavy atom. The van der Waals surface area contributed by atoms with Crippen molar-refractivity contribution >= 4 is 17.3 Å². The number of benzene rings is 1. The Morgan fingerprint density at radius 3 is 2.50 bits per heavy atom. The van der Waals surface area contributed by atoms with E-state index in [1.807, 2.05) is 20.8 Å². The normalized spacial score (nSPS) is 10.9. The van der Waals surface area contributed by atoms with Gasteiger partial charge in [0.15, 0.2) is 5.75 Å². The smallest absolute Gasteiger partial charge is 0.315 e. The van der Waals surface area contributed by atoms with Crippen molar-refractivity contribution in [1.29, 1.82) is 0 Å². The van der Waals surface area contributed by atoms with Crippen molar-refractivity contribution in [3.8, 4) is 34.2 Å². The highest BCUT2D eigenvalue weighted by molar-refractivity contribution is 6.32. The van der Waals surface area contributed by atoms with Gasteiger partial charge in [0.1, 0.15) is 17.1 Å². The van der Waals surface area contributed by atoms with Gasteiger partial charge in [-0.1, -0.05) is 11.6 Å². The third kappa shape index (κ3) is 2.84. The van der Waals surface area contributed by atoms with Crippen LogP contribution >= 0.6 is 11.6 Å². The lowest BCUT2D eigenvalue weighted by Gasteiger charge is -2.09. The zero-order valence-electron chi connectivity index (χ0n) is 14.1. The highest BCUT2D eigenvalue weighted by Gasteiger charge is 2.22. The molecule has 2 aromatic heterocycles. The lowest BCUT2D eigenvalue weighted by molar-refractivity contribution is -0.385. The molecule has 26 heavy (non-hydrogen) atoms. The fourth-order valence-corrected chi connectivity index (χ4v) is 2.91. The molecule has 0 atom stereocenters. The van der Waals surface area contributed by atoms with Gasteiger partial charge in [-0.05, 0) is 38.0 Å². The van der Waals surface area contributed by atoms with Crippen LogP contribution in [0.25, 0.3) is 22.7 Å². The molecule has 0 bridgehead atoms. The van der Waals surface area contributed by atoms with E-state index in [0.29, 0.717) is 5.56 Å². The molecule has 0 aliphatic heterocycles. The highest BCUT2D eigenvalue weighted by Crippen LogP contribution is 2.40. The van der Waals surface area contributed by atoms with E-state index in [1.165, 1.54) is 6.26 Å². The van der Waals surface area contributed by atoms with Gasteiger partial charge in [-0.15, -0.1) is 0 Å². The summed E-state index contributed by atoms with van der Waals surface area (Å²) in [6.07, 6.45) is 1.29. The van der Waals surface area contributed by atoms with Crippen LogP contribution in [0.15, 0.2) is 22.8 Å². The third-order valence-electron chi connectivity index (χ3n) is 4.23. The summed E-state index contributed by atoms with van der Waals surface area (Å²) in [7, 11) is 0. The number of rotatable bonds is 3. The molecule has 3 rings (SSSR count). The van der Waals surface area contributed by atoms with E-state index >= 15 is 0 Å².